The van der Waals surface area contributed by atoms with Gasteiger partial charge in [-0.05, 0) is 20.8 Å². The van der Waals surface area contributed by atoms with Crippen LogP contribution in [0.5, 0.6) is 0 Å². The van der Waals surface area contributed by atoms with Gasteiger partial charge in [0.1, 0.15) is 0 Å². The van der Waals surface area contributed by atoms with E-state index in [1.165, 1.54) is 13.8 Å². The highest BCUT2D eigenvalue weighted by Crippen LogP contribution is 2.03. The highest BCUT2D eigenvalue weighted by atomic mass is 16.4. The molecule has 6 nitrogen and oxygen atoms in total. The van der Waals surface area contributed by atoms with Crippen molar-refractivity contribution in [3.63, 3.8) is 0 Å². The molecule has 18 heavy (non-hydrogen) atoms. The zero-order valence-electron chi connectivity index (χ0n) is 10.5. The van der Waals surface area contributed by atoms with E-state index < -0.39 is 17.9 Å². The van der Waals surface area contributed by atoms with Gasteiger partial charge < -0.3 is 10.4 Å². The Hall–Kier alpha value is -2.29. The summed E-state index contributed by atoms with van der Waals surface area (Å²) < 4.78 is 0. The van der Waals surface area contributed by atoms with Crippen LogP contribution in [0.3, 0.4) is 0 Å². The molecule has 0 radical (unpaired) electrons. The van der Waals surface area contributed by atoms with Gasteiger partial charge in [-0.25, -0.2) is 9.59 Å². The molecule has 0 fully saturated rings. The number of terminal acetylenes is 1. The predicted molar refractivity (Wildman–Crippen MR) is 65.6 cm³/mol. The number of carboxylic acids is 1. The normalized spacial score (nSPS) is 12.8. The summed E-state index contributed by atoms with van der Waals surface area (Å²) in [5.74, 6) is 0.413. The molecule has 0 heterocycles. The third-order valence-corrected chi connectivity index (χ3v) is 2.25. The van der Waals surface area contributed by atoms with E-state index >= 15 is 0 Å². The monoisotopic (exact) mass is 252 g/mol. The summed E-state index contributed by atoms with van der Waals surface area (Å²) in [7, 11) is 0. The van der Waals surface area contributed by atoms with Gasteiger partial charge >= 0.3 is 12.0 Å². The van der Waals surface area contributed by atoms with Gasteiger partial charge in [0.2, 0.25) is 0 Å². The van der Waals surface area contributed by atoms with Crippen molar-refractivity contribution < 1.29 is 19.5 Å². The number of rotatable bonds is 4. The van der Waals surface area contributed by atoms with Crippen LogP contribution in [-0.4, -0.2) is 29.1 Å². The highest BCUT2D eigenvalue weighted by molar-refractivity contribution is 6.07. The minimum Gasteiger partial charge on any atom is -0.478 e. The molecule has 0 aliphatic carbocycles. The molecule has 0 saturated carbocycles. The molecule has 98 valence electrons. The Bertz CT molecular complexity index is 432. The van der Waals surface area contributed by atoms with Gasteiger partial charge in [-0.15, -0.1) is 12.3 Å². The van der Waals surface area contributed by atoms with Gasteiger partial charge in [-0.2, -0.15) is 0 Å². The van der Waals surface area contributed by atoms with Crippen molar-refractivity contribution in [2.45, 2.75) is 33.2 Å². The van der Waals surface area contributed by atoms with Crippen LogP contribution in [0.2, 0.25) is 0 Å². The van der Waals surface area contributed by atoms with Crippen molar-refractivity contribution >= 4 is 17.9 Å². The highest BCUT2D eigenvalue weighted by Gasteiger charge is 2.15. The van der Waals surface area contributed by atoms with Crippen LogP contribution in [0.4, 0.5) is 4.79 Å². The topological polar surface area (TPSA) is 95.5 Å². The molecule has 0 aromatic carbocycles. The minimum absolute atomic E-state index is 0.0257. The fourth-order valence-electron chi connectivity index (χ4n) is 1.02. The fraction of sp³-hybridized carbons (Fsp3) is 0.417. The molecule has 0 aromatic rings. The lowest BCUT2D eigenvalue weighted by Crippen LogP contribution is -2.43. The van der Waals surface area contributed by atoms with Crippen molar-refractivity contribution in [1.29, 1.82) is 0 Å². The molecule has 0 spiro atoms. The lowest BCUT2D eigenvalue weighted by Gasteiger charge is -2.11. The number of urea groups is 1. The van der Waals surface area contributed by atoms with E-state index in [9.17, 15) is 14.4 Å². The first-order chi connectivity index (χ1) is 8.29. The van der Waals surface area contributed by atoms with Crippen LogP contribution in [0.25, 0.3) is 0 Å². The number of nitrogens with one attached hydrogen (secondary N) is 2. The molecule has 3 amide bonds. The molecule has 6 heteroatoms. The van der Waals surface area contributed by atoms with E-state index in [0.717, 1.165) is 0 Å². The first kappa shape index (κ1) is 15.7. The van der Waals surface area contributed by atoms with Crippen LogP contribution in [0, 0.1) is 12.3 Å². The molecule has 3 N–H and O–H groups in total. The summed E-state index contributed by atoms with van der Waals surface area (Å²) >= 11 is 0. The summed E-state index contributed by atoms with van der Waals surface area (Å²) in [4.78, 5) is 33.5. The summed E-state index contributed by atoms with van der Waals surface area (Å²) in [6.07, 6.45) is 5.40. The maximum Gasteiger partial charge on any atom is 0.331 e. The van der Waals surface area contributed by atoms with Crippen molar-refractivity contribution in [3.8, 4) is 12.3 Å². The van der Waals surface area contributed by atoms with Crippen molar-refractivity contribution in [3.05, 3.63) is 11.1 Å². The average Bonchev–Trinajstić information content (AvgIpc) is 2.26. The zero-order chi connectivity index (χ0) is 14.3. The molecular formula is C12H16N2O4. The van der Waals surface area contributed by atoms with Crippen LogP contribution >= 0.6 is 0 Å². The van der Waals surface area contributed by atoms with E-state index in [-0.39, 0.29) is 17.2 Å². The molecule has 0 aromatic heterocycles. The van der Waals surface area contributed by atoms with Crippen LogP contribution in [0.15, 0.2) is 11.1 Å². The standard InChI is InChI=1S/C12H16N2O4/c1-5-6-7(2)13-12(18)14-10(15)8(3)9(4)11(16)17/h1,7H,6H2,2-4H3,(H,16,17)(H2,13,14,15,18). The molecule has 1 unspecified atom stereocenters. The van der Waals surface area contributed by atoms with Gasteiger partial charge in [-0.1, -0.05) is 0 Å². The third kappa shape index (κ3) is 5.16. The molecule has 0 aliphatic rings. The average molecular weight is 252 g/mol. The predicted octanol–water partition coefficient (Wildman–Crippen LogP) is 0.645. The first-order valence-electron chi connectivity index (χ1n) is 5.25. The van der Waals surface area contributed by atoms with Crippen LogP contribution < -0.4 is 10.6 Å². The lowest BCUT2D eigenvalue weighted by molar-refractivity contribution is -0.133. The van der Waals surface area contributed by atoms with Gasteiger partial charge in [-0.3, -0.25) is 10.1 Å². The smallest absolute Gasteiger partial charge is 0.331 e. The zero-order valence-corrected chi connectivity index (χ0v) is 10.5. The van der Waals surface area contributed by atoms with E-state index in [1.807, 2.05) is 5.32 Å². The van der Waals surface area contributed by atoms with Crippen molar-refractivity contribution in [2.75, 3.05) is 0 Å². The van der Waals surface area contributed by atoms with Crippen molar-refractivity contribution in [2.24, 2.45) is 0 Å². The van der Waals surface area contributed by atoms with Crippen molar-refractivity contribution in [1.82, 2.24) is 10.6 Å². The Balaban J connectivity index is 4.51. The number of amides is 3. The second-order valence-electron chi connectivity index (χ2n) is 3.79. The van der Waals surface area contributed by atoms with Gasteiger partial charge in [0.15, 0.2) is 0 Å². The number of carbonyl (C=O) groups is 3. The second kappa shape index (κ2) is 7.12. The Kier molecular flexibility index (Phi) is 6.21. The number of imide groups is 1. The quantitative estimate of drug-likeness (QED) is 0.505. The summed E-state index contributed by atoms with van der Waals surface area (Å²) in [6, 6.07) is -0.979. The largest absolute Gasteiger partial charge is 0.478 e. The Labute approximate surface area is 105 Å². The van der Waals surface area contributed by atoms with Gasteiger partial charge in [0, 0.05) is 23.6 Å². The van der Waals surface area contributed by atoms with E-state index in [4.69, 9.17) is 11.5 Å². The van der Waals surface area contributed by atoms with Gasteiger partial charge in [0.25, 0.3) is 5.91 Å². The number of hydrogen-bond donors (Lipinski definition) is 3. The molecule has 0 saturated heterocycles. The van der Waals surface area contributed by atoms with E-state index in [1.54, 1.807) is 6.92 Å². The maximum atomic E-state index is 11.5. The number of carboxylic acid groups (broad SMARTS) is 1. The summed E-state index contributed by atoms with van der Waals surface area (Å²) in [6.45, 7) is 4.31. The van der Waals surface area contributed by atoms with Crippen LogP contribution in [-0.2, 0) is 9.59 Å². The number of carbonyl (C=O) groups excluding carboxylic acids is 2. The Morgan fingerprint density at radius 1 is 1.28 bits per heavy atom. The van der Waals surface area contributed by atoms with Gasteiger partial charge in [0.05, 0.1) is 0 Å². The first-order valence-corrected chi connectivity index (χ1v) is 5.25. The third-order valence-electron chi connectivity index (χ3n) is 2.25. The lowest BCUT2D eigenvalue weighted by atomic mass is 10.1. The molecular weight excluding hydrogens is 236 g/mol. The number of aliphatic carboxylic acids is 1. The Morgan fingerprint density at radius 2 is 1.83 bits per heavy atom. The van der Waals surface area contributed by atoms with Crippen LogP contribution in [0.1, 0.15) is 27.2 Å². The SMILES string of the molecule is C#CCC(C)NC(=O)NC(=O)C(C)=C(C)C(=O)O. The molecule has 0 bridgehead atoms. The summed E-state index contributed by atoms with van der Waals surface area (Å²) in [5, 5.41) is 13.2. The van der Waals surface area contributed by atoms with E-state index in [0.29, 0.717) is 6.42 Å². The minimum atomic E-state index is -1.20. The molecule has 0 rings (SSSR count). The molecule has 1 atom stereocenters. The van der Waals surface area contributed by atoms with E-state index in [2.05, 4.69) is 11.2 Å². The Morgan fingerprint density at radius 3 is 2.28 bits per heavy atom. The fourth-order valence-corrected chi connectivity index (χ4v) is 1.02. The summed E-state index contributed by atoms with van der Waals surface area (Å²) in [5.41, 5.74) is -0.140. The number of hydrogen-bond acceptors (Lipinski definition) is 3. The molecule has 0 aliphatic heterocycles. The maximum absolute atomic E-state index is 11.5. The second-order valence-corrected chi connectivity index (χ2v) is 3.79.